The van der Waals surface area contributed by atoms with Crippen molar-refractivity contribution in [2.45, 2.75) is 32.4 Å². The zero-order valence-corrected chi connectivity index (χ0v) is 16.6. The van der Waals surface area contributed by atoms with Crippen molar-refractivity contribution in [3.05, 3.63) is 89.2 Å². The Morgan fingerprint density at radius 2 is 1.66 bits per heavy atom. The highest BCUT2D eigenvalue weighted by Gasteiger charge is 2.14. The van der Waals surface area contributed by atoms with Crippen molar-refractivity contribution in [2.24, 2.45) is 11.5 Å². The standard InChI is InChI=1S/C24H27FN2O2/c1-2-17-8-10-23(24(14-17)28-16-18-6-4-3-5-7-18)29-22-11-9-19(15-20(22)25)21(27)12-13-26/h3-11,14-15,21H,2,12-13,16,26-27H2,1H3. The Labute approximate surface area is 171 Å². The Hall–Kier alpha value is -2.89. The van der Waals surface area contributed by atoms with Crippen molar-refractivity contribution in [1.29, 1.82) is 0 Å². The van der Waals surface area contributed by atoms with E-state index in [-0.39, 0.29) is 11.8 Å². The van der Waals surface area contributed by atoms with Gasteiger partial charge in [0.2, 0.25) is 0 Å². The number of hydrogen-bond acceptors (Lipinski definition) is 4. The van der Waals surface area contributed by atoms with Crippen LogP contribution in [0.3, 0.4) is 0 Å². The van der Waals surface area contributed by atoms with E-state index in [9.17, 15) is 4.39 Å². The molecule has 0 aliphatic heterocycles. The van der Waals surface area contributed by atoms with Gasteiger partial charge >= 0.3 is 0 Å². The number of aryl methyl sites for hydroxylation is 1. The van der Waals surface area contributed by atoms with Crippen LogP contribution in [0.5, 0.6) is 17.2 Å². The van der Waals surface area contributed by atoms with E-state index in [2.05, 4.69) is 6.92 Å². The first-order valence-corrected chi connectivity index (χ1v) is 9.83. The molecule has 0 amide bonds. The summed E-state index contributed by atoms with van der Waals surface area (Å²) in [4.78, 5) is 0. The van der Waals surface area contributed by atoms with Gasteiger partial charge in [0.05, 0.1) is 0 Å². The zero-order valence-electron chi connectivity index (χ0n) is 16.6. The second kappa shape index (κ2) is 10.0. The van der Waals surface area contributed by atoms with E-state index in [1.54, 1.807) is 12.1 Å². The molecule has 4 nitrogen and oxygen atoms in total. The van der Waals surface area contributed by atoms with Crippen molar-refractivity contribution >= 4 is 0 Å². The molecular formula is C24H27FN2O2. The minimum Gasteiger partial charge on any atom is -0.485 e. The molecule has 0 bridgehead atoms. The molecule has 0 spiro atoms. The van der Waals surface area contributed by atoms with Gasteiger partial charge in [-0.15, -0.1) is 0 Å². The van der Waals surface area contributed by atoms with E-state index in [1.807, 2.05) is 48.5 Å². The second-order valence-corrected chi connectivity index (χ2v) is 6.88. The molecule has 0 fully saturated rings. The van der Waals surface area contributed by atoms with Crippen LogP contribution in [0.15, 0.2) is 66.7 Å². The van der Waals surface area contributed by atoms with Crippen LogP contribution >= 0.6 is 0 Å². The average molecular weight is 394 g/mol. The molecule has 29 heavy (non-hydrogen) atoms. The van der Waals surface area contributed by atoms with Crippen molar-refractivity contribution in [1.82, 2.24) is 0 Å². The molecule has 4 N–H and O–H groups in total. The smallest absolute Gasteiger partial charge is 0.169 e. The molecule has 152 valence electrons. The highest BCUT2D eigenvalue weighted by Crippen LogP contribution is 2.35. The van der Waals surface area contributed by atoms with Gasteiger partial charge in [0.25, 0.3) is 0 Å². The lowest BCUT2D eigenvalue weighted by atomic mass is 10.0. The second-order valence-electron chi connectivity index (χ2n) is 6.88. The van der Waals surface area contributed by atoms with Gasteiger partial charge in [0.1, 0.15) is 6.61 Å². The fourth-order valence-corrected chi connectivity index (χ4v) is 3.00. The maximum atomic E-state index is 14.6. The molecule has 0 saturated carbocycles. The van der Waals surface area contributed by atoms with Gasteiger partial charge in [0, 0.05) is 6.04 Å². The van der Waals surface area contributed by atoms with Crippen molar-refractivity contribution in [2.75, 3.05) is 6.54 Å². The molecule has 1 unspecified atom stereocenters. The minimum atomic E-state index is -0.469. The fraction of sp³-hybridized carbons (Fsp3) is 0.250. The van der Waals surface area contributed by atoms with Crippen molar-refractivity contribution in [3.63, 3.8) is 0 Å². The predicted molar refractivity (Wildman–Crippen MR) is 114 cm³/mol. The van der Waals surface area contributed by atoms with Crippen LogP contribution < -0.4 is 20.9 Å². The number of benzene rings is 3. The molecule has 0 aliphatic rings. The van der Waals surface area contributed by atoms with Crippen LogP contribution in [0, 0.1) is 5.82 Å². The monoisotopic (exact) mass is 394 g/mol. The molecule has 5 heteroatoms. The van der Waals surface area contributed by atoms with Crippen LogP contribution in [0.2, 0.25) is 0 Å². The summed E-state index contributed by atoms with van der Waals surface area (Å²) in [7, 11) is 0. The van der Waals surface area contributed by atoms with Crippen molar-refractivity contribution in [3.8, 4) is 17.2 Å². The van der Waals surface area contributed by atoms with Gasteiger partial charge in [-0.25, -0.2) is 4.39 Å². The Balaban J connectivity index is 1.81. The van der Waals surface area contributed by atoms with Gasteiger partial charge in [0.15, 0.2) is 23.1 Å². The van der Waals surface area contributed by atoms with Gasteiger partial charge < -0.3 is 20.9 Å². The Morgan fingerprint density at radius 3 is 2.34 bits per heavy atom. The molecular weight excluding hydrogens is 367 g/mol. The first-order chi connectivity index (χ1) is 14.1. The Bertz CT molecular complexity index is 931. The number of nitrogens with two attached hydrogens (primary N) is 2. The largest absolute Gasteiger partial charge is 0.485 e. The summed E-state index contributed by atoms with van der Waals surface area (Å²) in [5.41, 5.74) is 14.4. The van der Waals surface area contributed by atoms with E-state index in [0.717, 1.165) is 17.5 Å². The summed E-state index contributed by atoms with van der Waals surface area (Å²) in [6.07, 6.45) is 1.46. The molecule has 1 atom stereocenters. The molecule has 0 saturated heterocycles. The first kappa shape index (κ1) is 20.8. The Kier molecular flexibility index (Phi) is 7.22. The van der Waals surface area contributed by atoms with Crippen LogP contribution in [-0.2, 0) is 13.0 Å². The lowest BCUT2D eigenvalue weighted by molar-refractivity contribution is 0.289. The zero-order chi connectivity index (χ0) is 20.6. The van der Waals surface area contributed by atoms with Gasteiger partial charge in [-0.05, 0) is 60.3 Å². The normalized spacial score (nSPS) is 11.9. The quantitative estimate of drug-likeness (QED) is 0.529. The van der Waals surface area contributed by atoms with Crippen LogP contribution in [0.4, 0.5) is 4.39 Å². The average Bonchev–Trinajstić information content (AvgIpc) is 2.75. The predicted octanol–water partition coefficient (Wildman–Crippen LogP) is 5.11. The molecule has 3 aromatic carbocycles. The number of rotatable bonds is 9. The molecule has 0 radical (unpaired) electrons. The van der Waals surface area contributed by atoms with Gasteiger partial charge in [-0.1, -0.05) is 49.4 Å². The maximum absolute atomic E-state index is 14.6. The number of hydrogen-bond donors (Lipinski definition) is 2. The van der Waals surface area contributed by atoms with Crippen LogP contribution in [0.25, 0.3) is 0 Å². The third kappa shape index (κ3) is 5.56. The van der Waals surface area contributed by atoms with Crippen LogP contribution in [-0.4, -0.2) is 6.54 Å². The van der Waals surface area contributed by atoms with E-state index < -0.39 is 5.82 Å². The maximum Gasteiger partial charge on any atom is 0.169 e. The summed E-state index contributed by atoms with van der Waals surface area (Å²) in [6.45, 7) is 2.92. The van der Waals surface area contributed by atoms with Crippen molar-refractivity contribution < 1.29 is 13.9 Å². The summed E-state index contributed by atoms with van der Waals surface area (Å²) in [5, 5.41) is 0. The lowest BCUT2D eigenvalue weighted by Gasteiger charge is -2.16. The van der Waals surface area contributed by atoms with E-state index in [0.29, 0.717) is 36.6 Å². The summed E-state index contributed by atoms with van der Waals surface area (Å²) in [5.74, 6) is 0.707. The molecule has 0 aliphatic carbocycles. The van der Waals surface area contributed by atoms with Gasteiger partial charge in [-0.2, -0.15) is 0 Å². The number of halogens is 1. The molecule has 0 aromatic heterocycles. The summed E-state index contributed by atoms with van der Waals surface area (Å²) in [6, 6.07) is 20.0. The highest BCUT2D eigenvalue weighted by atomic mass is 19.1. The fourth-order valence-electron chi connectivity index (χ4n) is 3.00. The van der Waals surface area contributed by atoms with Crippen LogP contribution in [0.1, 0.15) is 36.1 Å². The first-order valence-electron chi connectivity index (χ1n) is 9.83. The van der Waals surface area contributed by atoms with E-state index in [4.69, 9.17) is 20.9 Å². The highest BCUT2D eigenvalue weighted by molar-refractivity contribution is 5.46. The SMILES string of the molecule is CCc1ccc(Oc2ccc(C(N)CCN)cc2F)c(OCc2ccccc2)c1. The summed E-state index contributed by atoms with van der Waals surface area (Å²) >= 11 is 0. The third-order valence-electron chi connectivity index (χ3n) is 4.74. The topological polar surface area (TPSA) is 70.5 Å². The third-order valence-corrected chi connectivity index (χ3v) is 4.74. The van der Waals surface area contributed by atoms with Gasteiger partial charge in [-0.3, -0.25) is 0 Å². The van der Waals surface area contributed by atoms with E-state index >= 15 is 0 Å². The molecule has 0 heterocycles. The lowest BCUT2D eigenvalue weighted by Crippen LogP contribution is -2.15. The van der Waals surface area contributed by atoms with E-state index in [1.165, 1.54) is 6.07 Å². The number of ether oxygens (including phenoxy) is 2. The molecule has 3 aromatic rings. The molecule has 3 rings (SSSR count). The Morgan fingerprint density at radius 1 is 0.897 bits per heavy atom. The minimum absolute atomic E-state index is 0.127. The summed E-state index contributed by atoms with van der Waals surface area (Å²) < 4.78 is 26.5.